The van der Waals surface area contributed by atoms with E-state index in [2.05, 4.69) is 11.8 Å². The molecule has 0 saturated carbocycles. The van der Waals surface area contributed by atoms with Crippen molar-refractivity contribution < 1.29 is 0 Å². The first-order valence-corrected chi connectivity index (χ1v) is 3.32. The minimum atomic E-state index is 1.12. The van der Waals surface area contributed by atoms with Crippen LogP contribution in [0.25, 0.3) is 0 Å². The third-order valence-electron chi connectivity index (χ3n) is 0.791. The van der Waals surface area contributed by atoms with E-state index in [9.17, 15) is 0 Å². The number of thiophene rings is 1. The zero-order chi connectivity index (χ0) is 5.82. The molecule has 0 atom stereocenters. The fourth-order valence-corrected chi connectivity index (χ4v) is 1.07. The largest absolute Gasteiger partial charge is 0.151 e. The Labute approximate surface area is 53.2 Å². The van der Waals surface area contributed by atoms with E-state index in [0.717, 1.165) is 5.56 Å². The molecule has 1 rings (SSSR count). The van der Waals surface area contributed by atoms with Crippen LogP contribution in [0.15, 0.2) is 16.8 Å². The molecule has 0 bridgehead atoms. The molecule has 0 amide bonds. The summed E-state index contributed by atoms with van der Waals surface area (Å²) in [5, 5.41) is 4.07. The predicted octanol–water partition coefficient (Wildman–Crippen LogP) is 2.12. The quantitative estimate of drug-likeness (QED) is 0.462. The van der Waals surface area contributed by atoms with Gasteiger partial charge in [0.15, 0.2) is 0 Å². The minimum Gasteiger partial charge on any atom is -0.151 e. The molecule has 0 aliphatic carbocycles. The van der Waals surface area contributed by atoms with Crippen LogP contribution < -0.4 is 0 Å². The Hall–Kier alpha value is -0.740. The summed E-state index contributed by atoms with van der Waals surface area (Å²) in [6.45, 7) is 1.84. The molecule has 0 aromatic carbocycles. The molecule has 0 radical (unpaired) electrons. The maximum absolute atomic E-state index is 2.95. The maximum Gasteiger partial charge on any atom is 0.0352 e. The lowest BCUT2D eigenvalue weighted by molar-refractivity contribution is 1.82. The van der Waals surface area contributed by atoms with Crippen LogP contribution in [0, 0.1) is 11.8 Å². The van der Waals surface area contributed by atoms with Gasteiger partial charge in [0.25, 0.3) is 0 Å². The van der Waals surface area contributed by atoms with Gasteiger partial charge in [0.2, 0.25) is 0 Å². The van der Waals surface area contributed by atoms with Crippen LogP contribution in [0.1, 0.15) is 12.5 Å². The second-order valence-corrected chi connectivity index (χ2v) is 2.17. The molecule has 40 valence electrons. The highest BCUT2D eigenvalue weighted by Gasteiger charge is 1.80. The van der Waals surface area contributed by atoms with E-state index in [1.807, 2.05) is 23.8 Å². The second kappa shape index (κ2) is 2.54. The van der Waals surface area contributed by atoms with Crippen LogP contribution >= 0.6 is 11.3 Å². The van der Waals surface area contributed by atoms with Gasteiger partial charge in [-0.3, -0.25) is 0 Å². The molecule has 0 aliphatic heterocycles. The summed E-state index contributed by atoms with van der Waals surface area (Å²) in [4.78, 5) is 0. The highest BCUT2D eigenvalue weighted by atomic mass is 32.1. The summed E-state index contributed by atoms with van der Waals surface area (Å²) in [5.41, 5.74) is 1.12. The summed E-state index contributed by atoms with van der Waals surface area (Å²) < 4.78 is 0. The molecule has 1 heteroatoms. The van der Waals surface area contributed by atoms with Gasteiger partial charge >= 0.3 is 0 Å². The molecule has 0 spiro atoms. The van der Waals surface area contributed by atoms with Crippen LogP contribution in [-0.2, 0) is 0 Å². The second-order valence-electron chi connectivity index (χ2n) is 1.39. The van der Waals surface area contributed by atoms with Gasteiger partial charge in [0.1, 0.15) is 0 Å². The van der Waals surface area contributed by atoms with Crippen molar-refractivity contribution in [1.29, 1.82) is 0 Å². The number of rotatable bonds is 0. The van der Waals surface area contributed by atoms with Crippen molar-refractivity contribution in [3.05, 3.63) is 22.4 Å². The number of hydrogen-bond donors (Lipinski definition) is 0. The summed E-state index contributed by atoms with van der Waals surface area (Å²) in [7, 11) is 0. The zero-order valence-electron chi connectivity index (χ0n) is 4.64. The van der Waals surface area contributed by atoms with Gasteiger partial charge in [-0.2, -0.15) is 11.3 Å². The Morgan fingerprint density at radius 3 is 3.00 bits per heavy atom. The van der Waals surface area contributed by atoms with Crippen molar-refractivity contribution in [2.24, 2.45) is 0 Å². The molecule has 1 aromatic rings. The molecule has 0 unspecified atom stereocenters. The van der Waals surface area contributed by atoms with Gasteiger partial charge in [-0.25, -0.2) is 0 Å². The number of hydrogen-bond acceptors (Lipinski definition) is 1. The summed E-state index contributed by atoms with van der Waals surface area (Å²) in [5.74, 6) is 5.77. The molecule has 0 aliphatic rings. The fourth-order valence-electron chi connectivity index (χ4n) is 0.480. The Morgan fingerprint density at radius 2 is 2.50 bits per heavy atom. The zero-order valence-corrected chi connectivity index (χ0v) is 5.46. The summed E-state index contributed by atoms with van der Waals surface area (Å²) >= 11 is 1.68. The Kier molecular flexibility index (Phi) is 1.71. The monoisotopic (exact) mass is 122 g/mol. The fraction of sp³-hybridized carbons (Fsp3) is 0.143. The first kappa shape index (κ1) is 5.40. The normalized spacial score (nSPS) is 7.62. The van der Waals surface area contributed by atoms with E-state index >= 15 is 0 Å². The van der Waals surface area contributed by atoms with Gasteiger partial charge in [-0.15, -0.1) is 5.92 Å². The molecule has 0 saturated heterocycles. The molecule has 0 nitrogen and oxygen atoms in total. The minimum absolute atomic E-state index is 1.12. The third-order valence-corrected chi connectivity index (χ3v) is 1.47. The molecule has 8 heavy (non-hydrogen) atoms. The highest BCUT2D eigenvalue weighted by molar-refractivity contribution is 7.08. The van der Waals surface area contributed by atoms with Crippen molar-refractivity contribution in [2.45, 2.75) is 6.92 Å². The smallest absolute Gasteiger partial charge is 0.0352 e. The maximum atomic E-state index is 2.95. The van der Waals surface area contributed by atoms with E-state index in [-0.39, 0.29) is 0 Å². The first-order valence-electron chi connectivity index (χ1n) is 2.38. The SMILES string of the molecule is CC#Cc1ccsc1. The molecule has 0 fully saturated rings. The Bertz CT molecular complexity index is 198. The van der Waals surface area contributed by atoms with Crippen LogP contribution in [0.5, 0.6) is 0 Å². The third kappa shape index (κ3) is 1.11. The molecule has 1 aromatic heterocycles. The van der Waals surface area contributed by atoms with Gasteiger partial charge in [0.05, 0.1) is 0 Å². The van der Waals surface area contributed by atoms with Crippen LogP contribution in [0.3, 0.4) is 0 Å². The van der Waals surface area contributed by atoms with Crippen LogP contribution in [-0.4, -0.2) is 0 Å². The molecular weight excluding hydrogens is 116 g/mol. The van der Waals surface area contributed by atoms with Crippen LogP contribution in [0.4, 0.5) is 0 Å². The lowest BCUT2D eigenvalue weighted by Gasteiger charge is -1.69. The van der Waals surface area contributed by atoms with E-state index in [4.69, 9.17) is 0 Å². The predicted molar refractivity (Wildman–Crippen MR) is 36.9 cm³/mol. The molecular formula is C7H6S. The van der Waals surface area contributed by atoms with Crippen molar-refractivity contribution in [1.82, 2.24) is 0 Å². The molecule has 1 heterocycles. The van der Waals surface area contributed by atoms with Gasteiger partial charge in [0, 0.05) is 10.9 Å². The highest BCUT2D eigenvalue weighted by Crippen LogP contribution is 2.02. The topological polar surface area (TPSA) is 0 Å². The van der Waals surface area contributed by atoms with Gasteiger partial charge < -0.3 is 0 Å². The van der Waals surface area contributed by atoms with Crippen LogP contribution in [0.2, 0.25) is 0 Å². The lowest BCUT2D eigenvalue weighted by atomic mass is 10.3. The van der Waals surface area contributed by atoms with Gasteiger partial charge in [-0.1, -0.05) is 5.92 Å². The summed E-state index contributed by atoms with van der Waals surface area (Å²) in [6, 6.07) is 2.02. The average molecular weight is 122 g/mol. The van der Waals surface area contributed by atoms with E-state index in [1.54, 1.807) is 11.3 Å². The van der Waals surface area contributed by atoms with E-state index in [1.165, 1.54) is 0 Å². The van der Waals surface area contributed by atoms with Crippen molar-refractivity contribution >= 4 is 11.3 Å². The average Bonchev–Trinajstić information content (AvgIpc) is 2.19. The molecule has 0 N–H and O–H groups in total. The summed E-state index contributed by atoms with van der Waals surface area (Å²) in [6.07, 6.45) is 0. The van der Waals surface area contributed by atoms with Crippen molar-refractivity contribution in [3.63, 3.8) is 0 Å². The van der Waals surface area contributed by atoms with Crippen molar-refractivity contribution in [3.8, 4) is 11.8 Å². The van der Waals surface area contributed by atoms with E-state index < -0.39 is 0 Å². The Balaban J connectivity index is 2.88. The van der Waals surface area contributed by atoms with E-state index in [0.29, 0.717) is 0 Å². The standard InChI is InChI=1S/C7H6S/c1-2-3-7-4-5-8-6-7/h4-6H,1H3. The first-order chi connectivity index (χ1) is 3.93. The lowest BCUT2D eigenvalue weighted by Crippen LogP contribution is -1.57. The van der Waals surface area contributed by atoms with Gasteiger partial charge in [-0.05, 0) is 18.4 Å². The van der Waals surface area contributed by atoms with Crippen molar-refractivity contribution in [2.75, 3.05) is 0 Å². The Morgan fingerprint density at radius 1 is 1.62 bits per heavy atom.